The molecule has 1 unspecified atom stereocenters. The highest BCUT2D eigenvalue weighted by atomic mass is 19.4. The molecule has 0 fully saturated rings. The van der Waals surface area contributed by atoms with Crippen molar-refractivity contribution in [3.05, 3.63) is 119 Å². The molecule has 0 spiro atoms. The molecule has 2 N–H and O–H groups in total. The van der Waals surface area contributed by atoms with E-state index in [1.807, 2.05) is 0 Å². The van der Waals surface area contributed by atoms with Crippen molar-refractivity contribution in [1.82, 2.24) is 5.32 Å². The summed E-state index contributed by atoms with van der Waals surface area (Å²) >= 11 is 0. The molecule has 0 bridgehead atoms. The van der Waals surface area contributed by atoms with Crippen molar-refractivity contribution in [2.75, 3.05) is 32.2 Å². The molecule has 4 rings (SSSR count). The third kappa shape index (κ3) is 8.45. The van der Waals surface area contributed by atoms with Gasteiger partial charge in [-0.2, -0.15) is 13.2 Å². The van der Waals surface area contributed by atoms with Gasteiger partial charge in [-0.25, -0.2) is 0 Å². The topological polar surface area (TPSA) is 120 Å². The second-order valence-electron chi connectivity index (χ2n) is 10.8. The summed E-state index contributed by atoms with van der Waals surface area (Å²) in [6.07, 6.45) is -4.75. The molecule has 49 heavy (non-hydrogen) atoms. The first-order valence-electron chi connectivity index (χ1n) is 15.4. The van der Waals surface area contributed by atoms with Crippen molar-refractivity contribution in [2.45, 2.75) is 31.9 Å². The fourth-order valence-electron chi connectivity index (χ4n) is 5.15. The molecule has 12 heteroatoms. The quantitative estimate of drug-likeness (QED) is 0.125. The van der Waals surface area contributed by atoms with E-state index in [2.05, 4.69) is 10.6 Å². The number of nitrogens with one attached hydrogen (secondary N) is 2. The summed E-state index contributed by atoms with van der Waals surface area (Å²) in [6, 6.07) is 23.8. The highest BCUT2D eigenvalue weighted by Crippen LogP contribution is 2.33. The first-order chi connectivity index (χ1) is 23.4. The molecule has 0 aliphatic rings. The summed E-state index contributed by atoms with van der Waals surface area (Å²) in [5, 5.41) is 5.40. The molecule has 0 aliphatic heterocycles. The van der Waals surface area contributed by atoms with Crippen molar-refractivity contribution in [1.29, 1.82) is 0 Å². The number of amides is 2. The maximum atomic E-state index is 13.4. The second kappa shape index (κ2) is 16.0. The zero-order valence-electron chi connectivity index (χ0n) is 27.1. The predicted molar refractivity (Wildman–Crippen MR) is 176 cm³/mol. The lowest BCUT2D eigenvalue weighted by Crippen LogP contribution is -2.54. The summed E-state index contributed by atoms with van der Waals surface area (Å²) in [6.45, 7) is 2.93. The molecule has 0 saturated carbocycles. The van der Waals surface area contributed by atoms with Crippen molar-refractivity contribution >= 4 is 29.4 Å². The van der Waals surface area contributed by atoms with E-state index in [0.29, 0.717) is 22.3 Å². The molecule has 256 valence electrons. The van der Waals surface area contributed by atoms with Crippen LogP contribution in [0, 0.1) is 0 Å². The van der Waals surface area contributed by atoms with E-state index in [4.69, 9.17) is 14.2 Å². The Kier molecular flexibility index (Phi) is 11.8. The number of alkyl halides is 3. The van der Waals surface area contributed by atoms with Crippen LogP contribution in [0.3, 0.4) is 0 Å². The first-order valence-corrected chi connectivity index (χ1v) is 15.4. The number of carbonyl (C=O) groups excluding carboxylic acids is 4. The lowest BCUT2D eigenvalue weighted by atomic mass is 9.80. The Labute approximate surface area is 281 Å². The van der Waals surface area contributed by atoms with Gasteiger partial charge in [0, 0.05) is 12.1 Å². The van der Waals surface area contributed by atoms with E-state index in [-0.39, 0.29) is 36.6 Å². The standard InChI is InChI=1S/C37H35F3N2O7/c1-4-41-34(45)36(35(46)48-5-2,26-11-7-6-8-12-26)23-49-32(43)22-24-15-20-30(31(21-24)47-3)42-33(44)29-14-10-9-13-28(29)25-16-18-27(19-17-25)37(38,39)40/h6-21H,4-5,22-23H2,1-3H3,(H,41,45)(H,42,44). The largest absolute Gasteiger partial charge is 0.495 e. The SMILES string of the molecule is CCNC(=O)C(COC(=O)Cc1ccc(NC(=O)c2ccccc2-c2ccc(C(F)(F)F)cc2)c(OC)c1)(C(=O)OCC)c1ccccc1. The summed E-state index contributed by atoms with van der Waals surface area (Å²) < 4.78 is 55.5. The van der Waals surface area contributed by atoms with Crippen LogP contribution >= 0.6 is 0 Å². The van der Waals surface area contributed by atoms with Gasteiger partial charge in [0.15, 0.2) is 0 Å². The van der Waals surface area contributed by atoms with Gasteiger partial charge in [-0.15, -0.1) is 0 Å². The zero-order chi connectivity index (χ0) is 35.6. The van der Waals surface area contributed by atoms with E-state index >= 15 is 0 Å². The molecule has 0 radical (unpaired) electrons. The number of hydrogen-bond donors (Lipinski definition) is 2. The van der Waals surface area contributed by atoms with Crippen LogP contribution < -0.4 is 15.4 Å². The van der Waals surface area contributed by atoms with E-state index in [0.717, 1.165) is 12.1 Å². The Morgan fingerprint density at radius 1 is 0.776 bits per heavy atom. The number of likely N-dealkylation sites (N-methyl/N-ethyl adjacent to an activating group) is 1. The maximum Gasteiger partial charge on any atom is 0.416 e. The molecule has 4 aromatic carbocycles. The van der Waals surface area contributed by atoms with E-state index < -0.39 is 47.5 Å². The van der Waals surface area contributed by atoms with Crippen LogP contribution in [0.4, 0.5) is 18.9 Å². The molecule has 9 nitrogen and oxygen atoms in total. The van der Waals surface area contributed by atoms with Gasteiger partial charge in [0.25, 0.3) is 5.91 Å². The van der Waals surface area contributed by atoms with Crippen LogP contribution in [0.5, 0.6) is 5.75 Å². The fourth-order valence-corrected chi connectivity index (χ4v) is 5.15. The van der Waals surface area contributed by atoms with Gasteiger partial charge in [0.2, 0.25) is 11.3 Å². The average molecular weight is 677 g/mol. The number of rotatable bonds is 13. The number of carbonyl (C=O) groups is 4. The van der Waals surface area contributed by atoms with Gasteiger partial charge in [-0.05, 0) is 66.4 Å². The van der Waals surface area contributed by atoms with Gasteiger partial charge < -0.3 is 24.8 Å². The van der Waals surface area contributed by atoms with Crippen LogP contribution in [0.2, 0.25) is 0 Å². The minimum absolute atomic E-state index is 0.00406. The van der Waals surface area contributed by atoms with Crippen molar-refractivity contribution < 1.29 is 46.6 Å². The molecule has 1 atom stereocenters. The summed E-state index contributed by atoms with van der Waals surface area (Å²) in [5.74, 6) is -2.59. The smallest absolute Gasteiger partial charge is 0.416 e. The minimum Gasteiger partial charge on any atom is -0.495 e. The Balaban J connectivity index is 1.51. The molecule has 0 saturated heterocycles. The lowest BCUT2D eigenvalue weighted by Gasteiger charge is -2.30. The first kappa shape index (κ1) is 36.2. The number of esters is 2. The van der Waals surface area contributed by atoms with Gasteiger partial charge in [0.05, 0.1) is 31.4 Å². The minimum atomic E-state index is -4.49. The Morgan fingerprint density at radius 3 is 2.08 bits per heavy atom. The molecule has 0 heterocycles. The maximum absolute atomic E-state index is 13.4. The third-order valence-electron chi connectivity index (χ3n) is 7.62. The van der Waals surface area contributed by atoms with E-state index in [9.17, 15) is 32.3 Å². The number of anilines is 1. The second-order valence-corrected chi connectivity index (χ2v) is 10.8. The van der Waals surface area contributed by atoms with E-state index in [1.165, 1.54) is 31.4 Å². The summed E-state index contributed by atoms with van der Waals surface area (Å²) in [7, 11) is 1.38. The highest BCUT2D eigenvalue weighted by Gasteiger charge is 2.50. The molecular weight excluding hydrogens is 641 g/mol. The Bertz CT molecular complexity index is 1770. The monoisotopic (exact) mass is 676 g/mol. The molecule has 2 amide bonds. The number of benzene rings is 4. The Morgan fingerprint density at radius 2 is 1.45 bits per heavy atom. The van der Waals surface area contributed by atoms with Crippen molar-refractivity contribution in [3.8, 4) is 16.9 Å². The van der Waals surface area contributed by atoms with Crippen LogP contribution in [-0.2, 0) is 41.9 Å². The van der Waals surface area contributed by atoms with Crippen LogP contribution in [-0.4, -0.2) is 50.6 Å². The number of halogens is 3. The van der Waals surface area contributed by atoms with Gasteiger partial charge in [-0.3, -0.25) is 19.2 Å². The third-order valence-corrected chi connectivity index (χ3v) is 7.62. The van der Waals surface area contributed by atoms with E-state index in [1.54, 1.807) is 74.5 Å². The number of ether oxygens (including phenoxy) is 3. The molecule has 0 aromatic heterocycles. The molecule has 0 aliphatic carbocycles. The zero-order valence-corrected chi connectivity index (χ0v) is 27.1. The fraction of sp³-hybridized carbons (Fsp3) is 0.243. The summed E-state index contributed by atoms with van der Waals surface area (Å²) in [5.41, 5.74) is -0.659. The van der Waals surface area contributed by atoms with Gasteiger partial charge in [0.1, 0.15) is 12.4 Å². The predicted octanol–water partition coefficient (Wildman–Crippen LogP) is 6.36. The number of methoxy groups -OCH3 is 1. The highest BCUT2D eigenvalue weighted by molar-refractivity contribution is 6.10. The van der Waals surface area contributed by atoms with Crippen LogP contribution in [0.25, 0.3) is 11.1 Å². The van der Waals surface area contributed by atoms with Gasteiger partial charge >= 0.3 is 18.1 Å². The lowest BCUT2D eigenvalue weighted by molar-refractivity contribution is -0.161. The number of hydrogen-bond acceptors (Lipinski definition) is 7. The van der Waals surface area contributed by atoms with Crippen molar-refractivity contribution in [3.63, 3.8) is 0 Å². The van der Waals surface area contributed by atoms with Crippen molar-refractivity contribution in [2.24, 2.45) is 0 Å². The van der Waals surface area contributed by atoms with Gasteiger partial charge in [-0.1, -0.05) is 66.7 Å². The van der Waals surface area contributed by atoms with Crippen LogP contribution in [0.15, 0.2) is 97.1 Å². The average Bonchev–Trinajstić information content (AvgIpc) is 3.09. The normalized spacial score (nSPS) is 12.3. The summed E-state index contributed by atoms with van der Waals surface area (Å²) in [4.78, 5) is 53.0. The molecular formula is C37H35F3N2O7. The molecule has 4 aromatic rings. The van der Waals surface area contributed by atoms with Crippen LogP contribution in [0.1, 0.15) is 40.9 Å². The Hall–Kier alpha value is -5.65.